The molecule has 0 radical (unpaired) electrons. The van der Waals surface area contributed by atoms with Crippen LogP contribution in [0.5, 0.6) is 0 Å². The van der Waals surface area contributed by atoms with Crippen LogP contribution in [0.25, 0.3) is 10.9 Å². The second-order valence-electron chi connectivity index (χ2n) is 5.32. The quantitative estimate of drug-likeness (QED) is 0.666. The Labute approximate surface area is 117 Å². The fraction of sp³-hybridized carbons (Fsp3) is 0.400. The summed E-state index contributed by atoms with van der Waals surface area (Å²) in [5.74, 6) is 7.06. The zero-order valence-electron chi connectivity index (χ0n) is 11.1. The molecule has 19 heavy (non-hydrogen) atoms. The number of nitrogens with one attached hydrogen (secondary N) is 1. The van der Waals surface area contributed by atoms with Crippen molar-refractivity contribution < 1.29 is 0 Å². The van der Waals surface area contributed by atoms with Crippen LogP contribution in [-0.2, 0) is 0 Å². The van der Waals surface area contributed by atoms with Crippen LogP contribution in [-0.4, -0.2) is 15.5 Å². The van der Waals surface area contributed by atoms with Crippen LogP contribution >= 0.6 is 11.8 Å². The Bertz CT molecular complexity index is 578. The summed E-state index contributed by atoms with van der Waals surface area (Å²) < 4.78 is 0.185. The summed E-state index contributed by atoms with van der Waals surface area (Å²) in [6, 6.07) is 10.7. The minimum absolute atomic E-state index is 0.185. The average Bonchev–Trinajstić information content (AvgIpc) is 2.87. The number of hydrogen-bond acceptors (Lipinski definition) is 4. The maximum absolute atomic E-state index is 5.83. The molecule has 2 atom stereocenters. The van der Waals surface area contributed by atoms with Gasteiger partial charge in [0.15, 0.2) is 0 Å². The third kappa shape index (κ3) is 2.36. The lowest BCUT2D eigenvalue weighted by Crippen LogP contribution is -2.41. The zero-order chi connectivity index (χ0) is 13.3. The molecule has 2 heterocycles. The molecule has 1 fully saturated rings. The summed E-state index contributed by atoms with van der Waals surface area (Å²) in [7, 11) is 0. The predicted octanol–water partition coefficient (Wildman–Crippen LogP) is 3.02. The number of thioether (sulfide) groups is 1. The van der Waals surface area contributed by atoms with Gasteiger partial charge in [0.05, 0.1) is 11.6 Å². The van der Waals surface area contributed by atoms with Crippen molar-refractivity contribution in [3.63, 3.8) is 0 Å². The zero-order valence-corrected chi connectivity index (χ0v) is 11.9. The largest absolute Gasteiger partial charge is 0.271 e. The number of hydrazine groups is 1. The van der Waals surface area contributed by atoms with E-state index in [1.165, 1.54) is 29.5 Å². The van der Waals surface area contributed by atoms with E-state index in [1.54, 1.807) is 0 Å². The first-order valence-electron chi connectivity index (χ1n) is 6.68. The summed E-state index contributed by atoms with van der Waals surface area (Å²) in [6.45, 7) is 2.31. The van der Waals surface area contributed by atoms with E-state index in [0.717, 1.165) is 5.52 Å². The number of pyridine rings is 1. The lowest BCUT2D eigenvalue weighted by Gasteiger charge is -2.33. The molecule has 1 aromatic heterocycles. The van der Waals surface area contributed by atoms with Crippen molar-refractivity contribution in [1.29, 1.82) is 0 Å². The molecule has 2 unspecified atom stereocenters. The molecule has 2 aromatic rings. The Morgan fingerprint density at radius 1 is 1.42 bits per heavy atom. The summed E-state index contributed by atoms with van der Waals surface area (Å²) in [5.41, 5.74) is 5.31. The standard InChI is InChI=1S/C15H19N3S/c1-15(7-3-9-19-15)14(18-16)12-5-6-13-11(10-12)4-2-8-17-13/h2,4-6,8,10,14,18H,3,7,9,16H2,1H3. The molecular formula is C15H19N3S. The van der Waals surface area contributed by atoms with E-state index in [-0.39, 0.29) is 10.8 Å². The highest BCUT2D eigenvalue weighted by Gasteiger charge is 2.38. The first-order chi connectivity index (χ1) is 9.23. The number of fused-ring (bicyclic) bond motifs is 1. The van der Waals surface area contributed by atoms with Crippen molar-refractivity contribution in [1.82, 2.24) is 10.4 Å². The maximum atomic E-state index is 5.83. The highest BCUT2D eigenvalue weighted by atomic mass is 32.2. The van der Waals surface area contributed by atoms with Gasteiger partial charge >= 0.3 is 0 Å². The third-order valence-corrected chi connectivity index (χ3v) is 5.58. The van der Waals surface area contributed by atoms with Crippen LogP contribution in [0.15, 0.2) is 36.5 Å². The molecule has 3 nitrogen and oxygen atoms in total. The molecule has 1 saturated heterocycles. The van der Waals surface area contributed by atoms with Crippen LogP contribution in [0.4, 0.5) is 0 Å². The van der Waals surface area contributed by atoms with Gasteiger partial charge in [0.1, 0.15) is 0 Å². The number of benzene rings is 1. The van der Waals surface area contributed by atoms with E-state index in [0.29, 0.717) is 0 Å². The average molecular weight is 273 g/mol. The number of aromatic nitrogens is 1. The summed E-state index contributed by atoms with van der Waals surface area (Å²) >= 11 is 2.02. The van der Waals surface area contributed by atoms with E-state index < -0.39 is 0 Å². The fourth-order valence-electron chi connectivity index (χ4n) is 2.93. The van der Waals surface area contributed by atoms with E-state index in [9.17, 15) is 0 Å². The lowest BCUT2D eigenvalue weighted by molar-refractivity contribution is 0.421. The molecule has 1 aliphatic heterocycles. The Kier molecular flexibility index (Phi) is 3.48. The molecule has 0 saturated carbocycles. The number of nitrogens with zero attached hydrogens (tertiary/aromatic N) is 1. The van der Waals surface area contributed by atoms with Crippen LogP contribution in [0.1, 0.15) is 31.4 Å². The van der Waals surface area contributed by atoms with Crippen LogP contribution in [0.2, 0.25) is 0 Å². The normalized spacial score (nSPS) is 24.7. The highest BCUT2D eigenvalue weighted by molar-refractivity contribution is 8.00. The van der Waals surface area contributed by atoms with Gasteiger partial charge in [-0.25, -0.2) is 0 Å². The molecule has 1 aliphatic rings. The number of rotatable bonds is 3. The molecule has 3 rings (SSSR count). The topological polar surface area (TPSA) is 50.9 Å². The molecule has 4 heteroatoms. The van der Waals surface area contributed by atoms with Crippen LogP contribution in [0, 0.1) is 0 Å². The lowest BCUT2D eigenvalue weighted by atomic mass is 9.90. The second kappa shape index (κ2) is 5.12. The molecule has 0 aliphatic carbocycles. The smallest absolute Gasteiger partial charge is 0.0702 e. The van der Waals surface area contributed by atoms with Gasteiger partial charge in [-0.3, -0.25) is 16.3 Å². The van der Waals surface area contributed by atoms with Crippen LogP contribution in [0.3, 0.4) is 0 Å². The first-order valence-corrected chi connectivity index (χ1v) is 7.66. The monoisotopic (exact) mass is 273 g/mol. The molecule has 1 aromatic carbocycles. The van der Waals surface area contributed by atoms with Gasteiger partial charge in [0.2, 0.25) is 0 Å². The van der Waals surface area contributed by atoms with Crippen molar-refractivity contribution in [2.45, 2.75) is 30.6 Å². The molecule has 0 amide bonds. The summed E-state index contributed by atoms with van der Waals surface area (Å²) in [4.78, 5) is 4.37. The van der Waals surface area contributed by atoms with Gasteiger partial charge in [-0.2, -0.15) is 11.8 Å². The highest BCUT2D eigenvalue weighted by Crippen LogP contribution is 2.46. The maximum Gasteiger partial charge on any atom is 0.0702 e. The molecule has 100 valence electrons. The summed E-state index contributed by atoms with van der Waals surface area (Å²) in [6.07, 6.45) is 4.31. The van der Waals surface area contributed by atoms with E-state index >= 15 is 0 Å². The third-order valence-electron chi connectivity index (χ3n) is 3.99. The van der Waals surface area contributed by atoms with Crippen molar-refractivity contribution in [2.75, 3.05) is 5.75 Å². The van der Waals surface area contributed by atoms with E-state index in [1.807, 2.05) is 24.0 Å². The molecule has 0 bridgehead atoms. The summed E-state index contributed by atoms with van der Waals surface area (Å²) in [5, 5.41) is 1.17. The van der Waals surface area contributed by atoms with Gasteiger partial charge in [-0.1, -0.05) is 12.1 Å². The van der Waals surface area contributed by atoms with Crippen LogP contribution < -0.4 is 11.3 Å². The van der Waals surface area contributed by atoms with E-state index in [2.05, 4.69) is 41.6 Å². The van der Waals surface area contributed by atoms with Gasteiger partial charge in [0.25, 0.3) is 0 Å². The minimum atomic E-state index is 0.185. The van der Waals surface area contributed by atoms with Gasteiger partial charge in [-0.15, -0.1) is 0 Å². The van der Waals surface area contributed by atoms with Gasteiger partial charge in [0, 0.05) is 16.3 Å². The first kappa shape index (κ1) is 12.9. The molecule has 3 N–H and O–H groups in total. The fourth-order valence-corrected chi connectivity index (χ4v) is 4.34. The Morgan fingerprint density at radius 2 is 2.32 bits per heavy atom. The molecule has 0 spiro atoms. The Hall–Kier alpha value is -1.10. The Balaban J connectivity index is 2.01. The van der Waals surface area contributed by atoms with Gasteiger partial charge in [-0.05, 0) is 49.3 Å². The minimum Gasteiger partial charge on any atom is -0.271 e. The number of nitrogens with two attached hydrogens (primary N) is 1. The number of hydrogen-bond donors (Lipinski definition) is 2. The van der Waals surface area contributed by atoms with Crippen molar-refractivity contribution in [2.24, 2.45) is 5.84 Å². The van der Waals surface area contributed by atoms with E-state index in [4.69, 9.17) is 5.84 Å². The molecular weight excluding hydrogens is 254 g/mol. The van der Waals surface area contributed by atoms with Crippen molar-refractivity contribution in [3.8, 4) is 0 Å². The van der Waals surface area contributed by atoms with Crippen molar-refractivity contribution in [3.05, 3.63) is 42.1 Å². The van der Waals surface area contributed by atoms with Crippen molar-refractivity contribution >= 4 is 22.7 Å². The van der Waals surface area contributed by atoms with Gasteiger partial charge < -0.3 is 0 Å². The predicted molar refractivity (Wildman–Crippen MR) is 81.9 cm³/mol. The Morgan fingerprint density at radius 3 is 3.05 bits per heavy atom. The second-order valence-corrected chi connectivity index (χ2v) is 6.95. The SMILES string of the molecule is CC1(C(NN)c2ccc3ncccc3c2)CCCS1.